The lowest BCUT2D eigenvalue weighted by molar-refractivity contribution is -0.0831. The summed E-state index contributed by atoms with van der Waals surface area (Å²) in [4.78, 5) is 5.04. The molecule has 0 bridgehead atoms. The van der Waals surface area contributed by atoms with Crippen LogP contribution in [0.2, 0.25) is 0 Å². The lowest BCUT2D eigenvalue weighted by Gasteiger charge is -2.41. The third-order valence-corrected chi connectivity index (χ3v) is 6.03. The number of rotatable bonds is 3. The summed E-state index contributed by atoms with van der Waals surface area (Å²) in [5.74, 6) is 0. The highest BCUT2D eigenvalue weighted by atomic mass is 16.5. The highest BCUT2D eigenvalue weighted by molar-refractivity contribution is 5.57. The van der Waals surface area contributed by atoms with Crippen LogP contribution < -0.4 is 4.90 Å². The van der Waals surface area contributed by atoms with Gasteiger partial charge in [0, 0.05) is 44.0 Å². The van der Waals surface area contributed by atoms with E-state index in [0.717, 1.165) is 58.8 Å². The first-order valence-corrected chi connectivity index (χ1v) is 9.63. The minimum absolute atomic E-state index is 0.0897. The number of hydrogen-bond donors (Lipinski definition) is 0. The molecule has 24 heavy (non-hydrogen) atoms. The molecule has 3 aliphatic heterocycles. The van der Waals surface area contributed by atoms with Crippen LogP contribution in [-0.4, -0.2) is 56.9 Å². The van der Waals surface area contributed by atoms with Gasteiger partial charge in [-0.25, -0.2) is 0 Å². The number of benzene rings is 1. The maximum absolute atomic E-state index is 6.54. The van der Waals surface area contributed by atoms with E-state index in [4.69, 9.17) is 9.47 Å². The number of likely N-dealkylation sites (tertiary alicyclic amines) is 1. The molecule has 0 aromatic heterocycles. The van der Waals surface area contributed by atoms with Gasteiger partial charge in [0.15, 0.2) is 0 Å². The standard InChI is InChI=1S/C20H30N2O2/c1-2-21-11-9-20(10-12-21)18-7-3-4-8-19(18)22(13-15-24-20)16-17-6-5-14-23-17/h3-4,7-8,17H,2,5-6,9-16H2,1H3. The second-order valence-electron chi connectivity index (χ2n) is 7.38. The third-order valence-electron chi connectivity index (χ3n) is 6.03. The normalized spacial score (nSPS) is 27.2. The summed E-state index contributed by atoms with van der Waals surface area (Å²) in [6.07, 6.45) is 4.98. The lowest BCUT2D eigenvalue weighted by atomic mass is 9.83. The van der Waals surface area contributed by atoms with E-state index in [1.54, 1.807) is 0 Å². The number of fused-ring (bicyclic) bond motifs is 2. The molecule has 1 unspecified atom stereocenters. The number of ether oxygens (including phenoxy) is 2. The Bertz CT molecular complexity index is 548. The van der Waals surface area contributed by atoms with Crippen LogP contribution in [0.3, 0.4) is 0 Å². The summed E-state index contributed by atoms with van der Waals surface area (Å²) >= 11 is 0. The van der Waals surface area contributed by atoms with Gasteiger partial charge in [-0.05, 0) is 38.3 Å². The zero-order chi connectivity index (χ0) is 16.4. The summed E-state index contributed by atoms with van der Waals surface area (Å²) in [5, 5.41) is 0. The molecule has 0 aliphatic carbocycles. The van der Waals surface area contributed by atoms with Gasteiger partial charge in [-0.15, -0.1) is 0 Å². The number of anilines is 1. The summed E-state index contributed by atoms with van der Waals surface area (Å²) in [6, 6.07) is 8.92. The molecule has 1 spiro atoms. The van der Waals surface area contributed by atoms with Gasteiger partial charge in [0.1, 0.15) is 0 Å². The summed E-state index contributed by atoms with van der Waals surface area (Å²) in [6.45, 7) is 9.37. The summed E-state index contributed by atoms with van der Waals surface area (Å²) in [7, 11) is 0. The van der Waals surface area contributed by atoms with Crippen LogP contribution >= 0.6 is 0 Å². The zero-order valence-corrected chi connectivity index (χ0v) is 14.9. The fraction of sp³-hybridized carbons (Fsp3) is 0.700. The SMILES string of the molecule is CCN1CCC2(CC1)OCCN(CC1CCCO1)c1ccccc12. The molecule has 3 aliphatic rings. The Kier molecular flexibility index (Phi) is 4.79. The number of nitrogens with zero attached hydrogens (tertiary/aromatic N) is 2. The minimum atomic E-state index is -0.0897. The predicted octanol–water partition coefficient (Wildman–Crippen LogP) is 3.01. The molecule has 3 heterocycles. The average Bonchev–Trinajstić information content (AvgIpc) is 3.10. The molecule has 0 radical (unpaired) electrons. The van der Waals surface area contributed by atoms with Crippen molar-refractivity contribution >= 4 is 5.69 Å². The molecule has 0 amide bonds. The number of hydrogen-bond acceptors (Lipinski definition) is 4. The highest BCUT2D eigenvalue weighted by Gasteiger charge is 2.41. The van der Waals surface area contributed by atoms with Crippen LogP contribution in [0.1, 0.15) is 38.2 Å². The molecule has 0 saturated carbocycles. The highest BCUT2D eigenvalue weighted by Crippen LogP contribution is 2.43. The predicted molar refractivity (Wildman–Crippen MR) is 96.6 cm³/mol. The minimum Gasteiger partial charge on any atom is -0.376 e. The second-order valence-corrected chi connectivity index (χ2v) is 7.38. The monoisotopic (exact) mass is 330 g/mol. The van der Waals surface area contributed by atoms with Crippen molar-refractivity contribution in [3.8, 4) is 0 Å². The maximum atomic E-state index is 6.54. The van der Waals surface area contributed by atoms with Crippen molar-refractivity contribution in [3.63, 3.8) is 0 Å². The van der Waals surface area contributed by atoms with E-state index in [0.29, 0.717) is 6.10 Å². The fourth-order valence-electron chi connectivity index (χ4n) is 4.55. The van der Waals surface area contributed by atoms with E-state index in [2.05, 4.69) is 41.0 Å². The van der Waals surface area contributed by atoms with Crippen LogP contribution in [0.15, 0.2) is 24.3 Å². The molecule has 0 N–H and O–H groups in total. The molecule has 1 aromatic rings. The van der Waals surface area contributed by atoms with Crippen molar-refractivity contribution in [2.24, 2.45) is 0 Å². The second kappa shape index (κ2) is 7.03. The Labute approximate surface area is 145 Å². The van der Waals surface area contributed by atoms with Gasteiger partial charge >= 0.3 is 0 Å². The fourth-order valence-corrected chi connectivity index (χ4v) is 4.55. The van der Waals surface area contributed by atoms with E-state index < -0.39 is 0 Å². The molecule has 132 valence electrons. The number of piperidine rings is 1. The molecule has 4 heteroatoms. The molecule has 1 aromatic carbocycles. The smallest absolute Gasteiger partial charge is 0.0976 e. The van der Waals surface area contributed by atoms with E-state index in [-0.39, 0.29) is 5.60 Å². The van der Waals surface area contributed by atoms with Crippen molar-refractivity contribution in [1.29, 1.82) is 0 Å². The van der Waals surface area contributed by atoms with Gasteiger partial charge < -0.3 is 19.3 Å². The van der Waals surface area contributed by atoms with E-state index in [9.17, 15) is 0 Å². The summed E-state index contributed by atoms with van der Waals surface area (Å²) in [5.41, 5.74) is 2.68. The van der Waals surface area contributed by atoms with Crippen molar-refractivity contribution in [2.75, 3.05) is 50.8 Å². The Morgan fingerprint density at radius 3 is 2.71 bits per heavy atom. The lowest BCUT2D eigenvalue weighted by Crippen LogP contribution is -2.44. The van der Waals surface area contributed by atoms with Crippen molar-refractivity contribution in [2.45, 2.75) is 44.3 Å². The van der Waals surface area contributed by atoms with Crippen LogP contribution in [-0.2, 0) is 15.1 Å². The molecule has 4 rings (SSSR count). The first-order chi connectivity index (χ1) is 11.8. The first-order valence-electron chi connectivity index (χ1n) is 9.63. The van der Waals surface area contributed by atoms with Crippen molar-refractivity contribution < 1.29 is 9.47 Å². The molecule has 2 fully saturated rings. The largest absolute Gasteiger partial charge is 0.376 e. The van der Waals surface area contributed by atoms with Gasteiger partial charge in [-0.1, -0.05) is 25.1 Å². The van der Waals surface area contributed by atoms with Crippen LogP contribution in [0.25, 0.3) is 0 Å². The van der Waals surface area contributed by atoms with Gasteiger partial charge in [-0.3, -0.25) is 0 Å². The quantitative estimate of drug-likeness (QED) is 0.850. The Morgan fingerprint density at radius 2 is 1.96 bits per heavy atom. The first kappa shape index (κ1) is 16.4. The van der Waals surface area contributed by atoms with E-state index in [1.165, 1.54) is 24.1 Å². The third kappa shape index (κ3) is 3.07. The maximum Gasteiger partial charge on any atom is 0.0976 e. The Morgan fingerprint density at radius 1 is 1.12 bits per heavy atom. The van der Waals surface area contributed by atoms with Crippen molar-refractivity contribution in [1.82, 2.24) is 4.90 Å². The van der Waals surface area contributed by atoms with E-state index >= 15 is 0 Å². The summed E-state index contributed by atoms with van der Waals surface area (Å²) < 4.78 is 12.4. The van der Waals surface area contributed by atoms with Gasteiger partial charge in [0.2, 0.25) is 0 Å². The van der Waals surface area contributed by atoms with Gasteiger partial charge in [-0.2, -0.15) is 0 Å². The van der Waals surface area contributed by atoms with Gasteiger partial charge in [0.25, 0.3) is 0 Å². The molecular weight excluding hydrogens is 300 g/mol. The van der Waals surface area contributed by atoms with Crippen LogP contribution in [0.5, 0.6) is 0 Å². The van der Waals surface area contributed by atoms with Crippen LogP contribution in [0, 0.1) is 0 Å². The zero-order valence-electron chi connectivity index (χ0n) is 14.9. The van der Waals surface area contributed by atoms with Crippen LogP contribution in [0.4, 0.5) is 5.69 Å². The Balaban J connectivity index is 1.60. The molecular formula is C20H30N2O2. The van der Waals surface area contributed by atoms with E-state index in [1.807, 2.05) is 0 Å². The van der Waals surface area contributed by atoms with Crippen molar-refractivity contribution in [3.05, 3.63) is 29.8 Å². The molecule has 2 saturated heterocycles. The average molecular weight is 330 g/mol. The Hall–Kier alpha value is -1.10. The number of para-hydroxylation sites is 1. The molecule has 4 nitrogen and oxygen atoms in total. The topological polar surface area (TPSA) is 24.9 Å². The molecule has 1 atom stereocenters. The van der Waals surface area contributed by atoms with Gasteiger partial charge in [0.05, 0.1) is 18.3 Å².